The van der Waals surface area contributed by atoms with Gasteiger partial charge >= 0.3 is 11.7 Å². The molecule has 0 amide bonds. The van der Waals surface area contributed by atoms with E-state index in [1.165, 1.54) is 56.1 Å². The maximum atomic E-state index is 12.5. The van der Waals surface area contributed by atoms with Gasteiger partial charge in [0.05, 0.1) is 24.1 Å². The molecule has 0 aliphatic heterocycles. The summed E-state index contributed by atoms with van der Waals surface area (Å²) in [7, 11) is 4.20. The predicted octanol–water partition coefficient (Wildman–Crippen LogP) is 0.732. The van der Waals surface area contributed by atoms with Gasteiger partial charge in [-0.1, -0.05) is 0 Å². The summed E-state index contributed by atoms with van der Waals surface area (Å²) in [6, 6.07) is 9.06. The zero-order chi connectivity index (χ0) is 19.7. The number of hydrogen-bond acceptors (Lipinski definition) is 7. The number of hydrogen-bond donors (Lipinski definition) is 0. The number of nitriles is 1. The average Bonchev–Trinajstić information content (AvgIpc) is 2.70. The molecule has 0 saturated heterocycles. The standard InChI is InChI=1S/C18H14N4O5/c1-21-15-11(16(23)22(2)18(21)25)5-6-12(20-15)17(24)27-13-7-4-10(9-19)8-14(13)26-3/h4-8H,1-3H3. The Morgan fingerprint density at radius 1 is 1.11 bits per heavy atom. The van der Waals surface area contributed by atoms with E-state index in [2.05, 4.69) is 4.98 Å². The average molecular weight is 366 g/mol. The van der Waals surface area contributed by atoms with Crippen molar-refractivity contribution in [3.8, 4) is 17.6 Å². The summed E-state index contributed by atoms with van der Waals surface area (Å²) in [6.07, 6.45) is 0. The van der Waals surface area contributed by atoms with Gasteiger partial charge in [0.2, 0.25) is 0 Å². The second kappa shape index (κ2) is 6.76. The van der Waals surface area contributed by atoms with Gasteiger partial charge in [0, 0.05) is 20.2 Å². The Bertz CT molecular complexity index is 1230. The van der Waals surface area contributed by atoms with Crippen molar-refractivity contribution in [3.05, 3.63) is 62.4 Å². The van der Waals surface area contributed by atoms with E-state index in [0.29, 0.717) is 5.56 Å². The fourth-order valence-electron chi connectivity index (χ4n) is 2.54. The maximum Gasteiger partial charge on any atom is 0.362 e. The highest BCUT2D eigenvalue weighted by atomic mass is 16.6. The Labute approximate surface area is 152 Å². The lowest BCUT2D eigenvalue weighted by atomic mass is 10.2. The molecule has 2 heterocycles. The number of nitrogens with zero attached hydrogens (tertiary/aromatic N) is 4. The predicted molar refractivity (Wildman–Crippen MR) is 94.9 cm³/mol. The van der Waals surface area contributed by atoms with Crippen molar-refractivity contribution in [1.29, 1.82) is 5.26 Å². The summed E-state index contributed by atoms with van der Waals surface area (Å²) in [5.74, 6) is -0.473. The monoisotopic (exact) mass is 366 g/mol. The SMILES string of the molecule is COc1cc(C#N)ccc1OC(=O)c1ccc2c(=O)n(C)c(=O)n(C)c2n1. The van der Waals surface area contributed by atoms with Crippen molar-refractivity contribution in [2.24, 2.45) is 14.1 Å². The van der Waals surface area contributed by atoms with Crippen molar-refractivity contribution in [2.45, 2.75) is 0 Å². The molecule has 9 nitrogen and oxygen atoms in total. The second-order valence-electron chi connectivity index (χ2n) is 5.64. The number of benzene rings is 1. The summed E-state index contributed by atoms with van der Waals surface area (Å²) in [6.45, 7) is 0. The molecule has 1 aromatic carbocycles. The Morgan fingerprint density at radius 2 is 1.85 bits per heavy atom. The van der Waals surface area contributed by atoms with Crippen LogP contribution in [0.2, 0.25) is 0 Å². The normalized spacial score (nSPS) is 10.4. The third kappa shape index (κ3) is 3.04. The number of aryl methyl sites for hydroxylation is 1. The number of carbonyl (C=O) groups excluding carboxylic acids is 1. The van der Waals surface area contributed by atoms with Crippen LogP contribution in [-0.4, -0.2) is 27.2 Å². The van der Waals surface area contributed by atoms with Gasteiger partial charge in [0.1, 0.15) is 5.65 Å². The molecule has 0 spiro atoms. The third-order valence-electron chi connectivity index (χ3n) is 4.01. The molecule has 0 fully saturated rings. The molecule has 0 aliphatic carbocycles. The van der Waals surface area contributed by atoms with E-state index in [0.717, 1.165) is 4.57 Å². The fourth-order valence-corrected chi connectivity index (χ4v) is 2.54. The quantitative estimate of drug-likeness (QED) is 0.495. The molecular weight excluding hydrogens is 352 g/mol. The van der Waals surface area contributed by atoms with Crippen LogP contribution in [0.5, 0.6) is 11.5 Å². The van der Waals surface area contributed by atoms with Gasteiger partial charge in [-0.05, 0) is 24.3 Å². The minimum Gasteiger partial charge on any atom is -0.493 e. The summed E-state index contributed by atoms with van der Waals surface area (Å²) in [4.78, 5) is 40.8. The minimum atomic E-state index is -0.798. The largest absolute Gasteiger partial charge is 0.493 e. The van der Waals surface area contributed by atoms with Gasteiger partial charge < -0.3 is 9.47 Å². The van der Waals surface area contributed by atoms with E-state index in [9.17, 15) is 14.4 Å². The van der Waals surface area contributed by atoms with Crippen LogP contribution in [0.15, 0.2) is 39.9 Å². The highest BCUT2D eigenvalue weighted by molar-refractivity contribution is 5.91. The van der Waals surface area contributed by atoms with Crippen molar-refractivity contribution in [1.82, 2.24) is 14.1 Å². The van der Waals surface area contributed by atoms with Crippen LogP contribution in [0.4, 0.5) is 0 Å². The van der Waals surface area contributed by atoms with Crippen LogP contribution >= 0.6 is 0 Å². The molecule has 0 bridgehead atoms. The van der Waals surface area contributed by atoms with Crippen LogP contribution in [0.1, 0.15) is 16.1 Å². The van der Waals surface area contributed by atoms with Crippen molar-refractivity contribution >= 4 is 17.0 Å². The maximum absolute atomic E-state index is 12.5. The number of aromatic nitrogens is 3. The molecule has 9 heteroatoms. The van der Waals surface area contributed by atoms with E-state index in [-0.39, 0.29) is 28.2 Å². The molecule has 0 atom stereocenters. The molecule has 3 rings (SSSR count). The van der Waals surface area contributed by atoms with Gasteiger partial charge in [0.15, 0.2) is 17.2 Å². The zero-order valence-corrected chi connectivity index (χ0v) is 14.7. The zero-order valence-electron chi connectivity index (χ0n) is 14.7. The lowest BCUT2D eigenvalue weighted by molar-refractivity contribution is 0.0724. The number of pyridine rings is 1. The van der Waals surface area contributed by atoms with Crippen LogP contribution < -0.4 is 20.7 Å². The van der Waals surface area contributed by atoms with Crippen LogP contribution in [0, 0.1) is 11.3 Å². The first-order valence-corrected chi connectivity index (χ1v) is 7.74. The molecule has 27 heavy (non-hydrogen) atoms. The van der Waals surface area contributed by atoms with Crippen molar-refractivity contribution < 1.29 is 14.3 Å². The molecule has 0 N–H and O–H groups in total. The third-order valence-corrected chi connectivity index (χ3v) is 4.01. The van der Waals surface area contributed by atoms with Crippen LogP contribution in [0.25, 0.3) is 11.0 Å². The van der Waals surface area contributed by atoms with Crippen LogP contribution in [-0.2, 0) is 14.1 Å². The lowest BCUT2D eigenvalue weighted by Crippen LogP contribution is -2.37. The van der Waals surface area contributed by atoms with E-state index in [1.54, 1.807) is 0 Å². The van der Waals surface area contributed by atoms with E-state index < -0.39 is 17.2 Å². The summed E-state index contributed by atoms with van der Waals surface area (Å²) < 4.78 is 12.5. The molecule has 3 aromatic rings. The number of esters is 1. The summed E-state index contributed by atoms with van der Waals surface area (Å²) in [5, 5.41) is 9.12. The fraction of sp³-hybridized carbons (Fsp3) is 0.167. The van der Waals surface area contributed by atoms with Gasteiger partial charge in [-0.25, -0.2) is 14.6 Å². The molecular formula is C18H14N4O5. The van der Waals surface area contributed by atoms with Crippen LogP contribution in [0.3, 0.4) is 0 Å². The van der Waals surface area contributed by atoms with Crippen molar-refractivity contribution in [2.75, 3.05) is 7.11 Å². The van der Waals surface area contributed by atoms with Gasteiger partial charge in [0.25, 0.3) is 5.56 Å². The summed E-state index contributed by atoms with van der Waals surface area (Å²) >= 11 is 0. The first-order chi connectivity index (χ1) is 12.9. The second-order valence-corrected chi connectivity index (χ2v) is 5.64. The molecule has 2 aromatic heterocycles. The van der Waals surface area contributed by atoms with Crippen molar-refractivity contribution in [3.63, 3.8) is 0 Å². The lowest BCUT2D eigenvalue weighted by Gasteiger charge is -2.10. The van der Waals surface area contributed by atoms with Gasteiger partial charge in [-0.15, -0.1) is 0 Å². The van der Waals surface area contributed by atoms with E-state index in [4.69, 9.17) is 14.7 Å². The topological polar surface area (TPSA) is 116 Å². The van der Waals surface area contributed by atoms with E-state index >= 15 is 0 Å². The first-order valence-electron chi connectivity index (χ1n) is 7.74. The number of methoxy groups -OCH3 is 1. The Hall–Kier alpha value is -3.93. The molecule has 0 saturated carbocycles. The van der Waals surface area contributed by atoms with Gasteiger partial charge in [-0.2, -0.15) is 5.26 Å². The number of rotatable bonds is 3. The number of ether oxygens (including phenoxy) is 2. The molecule has 0 aliphatic rings. The number of carbonyl (C=O) groups is 1. The Morgan fingerprint density at radius 3 is 2.52 bits per heavy atom. The highest BCUT2D eigenvalue weighted by Crippen LogP contribution is 2.28. The Kier molecular flexibility index (Phi) is 4.48. The Balaban J connectivity index is 2.04. The molecule has 136 valence electrons. The summed E-state index contributed by atoms with van der Waals surface area (Å²) in [5.41, 5.74) is -0.726. The molecule has 0 radical (unpaired) electrons. The first kappa shape index (κ1) is 17.9. The van der Waals surface area contributed by atoms with Gasteiger partial charge in [-0.3, -0.25) is 13.9 Å². The van der Waals surface area contributed by atoms with E-state index in [1.807, 2.05) is 6.07 Å². The molecule has 0 unspecified atom stereocenters. The minimum absolute atomic E-state index is 0.0735. The highest BCUT2D eigenvalue weighted by Gasteiger charge is 2.17. The smallest absolute Gasteiger partial charge is 0.362 e. The number of fused-ring (bicyclic) bond motifs is 1.